The average Bonchev–Trinajstić information content (AvgIpc) is 3.40. The maximum absolute atomic E-state index is 11.5. The summed E-state index contributed by atoms with van der Waals surface area (Å²) in [6, 6.07) is 0. The van der Waals surface area contributed by atoms with Crippen LogP contribution < -0.4 is 4.90 Å². The molecule has 1 aliphatic carbocycles. The van der Waals surface area contributed by atoms with Gasteiger partial charge in [-0.2, -0.15) is 0 Å². The number of fused-ring (bicyclic) bond motifs is 1. The molecule has 1 saturated carbocycles. The second-order valence-electron chi connectivity index (χ2n) is 7.37. The van der Waals surface area contributed by atoms with E-state index in [1.807, 2.05) is 31.5 Å². The largest absolute Gasteiger partial charge is 0.478 e. The number of anilines is 1. The van der Waals surface area contributed by atoms with E-state index in [1.165, 1.54) is 25.4 Å². The van der Waals surface area contributed by atoms with Crippen molar-refractivity contribution in [2.45, 2.75) is 40.2 Å². The Morgan fingerprint density at radius 2 is 1.96 bits per heavy atom. The number of aromatic carboxylic acids is 1. The van der Waals surface area contributed by atoms with Crippen LogP contribution in [-0.2, 0) is 6.54 Å². The first kappa shape index (κ1) is 18.3. The van der Waals surface area contributed by atoms with Crippen LogP contribution >= 0.6 is 0 Å². The summed E-state index contributed by atoms with van der Waals surface area (Å²) in [4.78, 5) is 31.1. The molecule has 4 heterocycles. The Kier molecular flexibility index (Phi) is 4.49. The summed E-state index contributed by atoms with van der Waals surface area (Å²) in [5.41, 5.74) is 3.21. The Labute approximate surface area is 163 Å². The molecule has 0 aromatic carbocycles. The lowest BCUT2D eigenvalue weighted by molar-refractivity contribution is 0.0698. The van der Waals surface area contributed by atoms with Gasteiger partial charge in [-0.15, -0.1) is 0 Å². The zero-order valence-electron chi connectivity index (χ0n) is 16.4. The molecule has 5 rings (SSSR count). The van der Waals surface area contributed by atoms with E-state index in [0.29, 0.717) is 23.0 Å². The summed E-state index contributed by atoms with van der Waals surface area (Å²) in [6.07, 6.45) is 9.05. The normalized spacial score (nSPS) is 16.5. The number of rotatable bonds is 4. The molecule has 146 valence electrons. The Hall–Kier alpha value is -3.03. The molecule has 0 atom stereocenters. The van der Waals surface area contributed by atoms with Crippen molar-refractivity contribution in [3.05, 3.63) is 41.7 Å². The van der Waals surface area contributed by atoms with Crippen molar-refractivity contribution in [2.75, 3.05) is 18.0 Å². The molecule has 2 fully saturated rings. The van der Waals surface area contributed by atoms with Crippen LogP contribution in [0.4, 0.5) is 5.95 Å². The predicted octanol–water partition coefficient (Wildman–Crippen LogP) is 2.90. The lowest BCUT2D eigenvalue weighted by atomic mass is 9.98. The topological polar surface area (TPSA) is 97.0 Å². The van der Waals surface area contributed by atoms with Gasteiger partial charge in [0.2, 0.25) is 5.95 Å². The average molecular weight is 380 g/mol. The molecule has 0 radical (unpaired) electrons. The standard InChI is InChI=1S/C18H18N6O2.C2H6/c1-11-12(4-20-17(22-11)24-8-18(9-24)2-3-18)6-23-7-14(16(25)26)13-5-19-10-21-15(13)23;1-2/h4-5,7,10H,2-3,6,8-9H2,1H3,(H,25,26);1-2H3. The molecular formula is C20H24N6O2. The number of carboxylic acid groups (broad SMARTS) is 1. The van der Waals surface area contributed by atoms with Crippen LogP contribution in [0.2, 0.25) is 0 Å². The lowest BCUT2D eigenvalue weighted by Crippen LogP contribution is -2.49. The van der Waals surface area contributed by atoms with E-state index in [2.05, 4.69) is 24.8 Å². The van der Waals surface area contributed by atoms with Gasteiger partial charge in [0, 0.05) is 48.4 Å². The van der Waals surface area contributed by atoms with Gasteiger partial charge in [-0.25, -0.2) is 24.7 Å². The zero-order chi connectivity index (χ0) is 19.9. The maximum atomic E-state index is 11.5. The van der Waals surface area contributed by atoms with Gasteiger partial charge in [-0.3, -0.25) is 0 Å². The fourth-order valence-electron chi connectivity index (χ4n) is 3.69. The van der Waals surface area contributed by atoms with Crippen molar-refractivity contribution in [3.63, 3.8) is 0 Å². The second kappa shape index (κ2) is 6.85. The smallest absolute Gasteiger partial charge is 0.337 e. The first-order valence-corrected chi connectivity index (χ1v) is 9.64. The van der Waals surface area contributed by atoms with Gasteiger partial charge in [-0.05, 0) is 19.8 Å². The highest BCUT2D eigenvalue weighted by atomic mass is 16.4. The van der Waals surface area contributed by atoms with Gasteiger partial charge < -0.3 is 14.6 Å². The molecule has 1 spiro atoms. The molecule has 0 amide bonds. The van der Waals surface area contributed by atoms with Crippen LogP contribution in [0.15, 0.2) is 24.9 Å². The Bertz CT molecular complexity index is 1030. The van der Waals surface area contributed by atoms with E-state index < -0.39 is 5.97 Å². The Balaban J connectivity index is 0.000000932. The third kappa shape index (κ3) is 3.08. The third-order valence-corrected chi connectivity index (χ3v) is 5.47. The molecule has 8 heteroatoms. The van der Waals surface area contributed by atoms with Crippen molar-refractivity contribution in [3.8, 4) is 0 Å². The summed E-state index contributed by atoms with van der Waals surface area (Å²) in [5.74, 6) is -0.201. The van der Waals surface area contributed by atoms with Gasteiger partial charge in [0.25, 0.3) is 0 Å². The molecule has 1 saturated heterocycles. The summed E-state index contributed by atoms with van der Waals surface area (Å²) in [6.45, 7) is 8.56. The minimum Gasteiger partial charge on any atom is -0.478 e. The van der Waals surface area contributed by atoms with Crippen LogP contribution in [-0.4, -0.2) is 48.7 Å². The molecule has 8 nitrogen and oxygen atoms in total. The number of aromatic nitrogens is 5. The molecule has 1 aliphatic heterocycles. The van der Waals surface area contributed by atoms with Crippen LogP contribution in [0.1, 0.15) is 48.3 Å². The SMILES string of the molecule is CC.Cc1nc(N2CC3(CC3)C2)ncc1Cn1cc(C(=O)O)c2cncnc21. The summed E-state index contributed by atoms with van der Waals surface area (Å²) < 4.78 is 1.81. The number of aryl methyl sites for hydroxylation is 1. The quantitative estimate of drug-likeness (QED) is 0.743. The highest BCUT2D eigenvalue weighted by Crippen LogP contribution is 2.53. The lowest BCUT2D eigenvalue weighted by Gasteiger charge is -2.40. The van der Waals surface area contributed by atoms with Crippen LogP contribution in [0.3, 0.4) is 0 Å². The molecule has 2 aliphatic rings. The fourth-order valence-corrected chi connectivity index (χ4v) is 3.69. The van der Waals surface area contributed by atoms with E-state index in [9.17, 15) is 9.90 Å². The number of carboxylic acids is 1. The first-order chi connectivity index (χ1) is 13.5. The van der Waals surface area contributed by atoms with Crippen molar-refractivity contribution in [2.24, 2.45) is 5.41 Å². The molecular weight excluding hydrogens is 356 g/mol. The van der Waals surface area contributed by atoms with E-state index in [0.717, 1.165) is 30.3 Å². The monoisotopic (exact) mass is 380 g/mol. The molecule has 0 bridgehead atoms. The van der Waals surface area contributed by atoms with Gasteiger partial charge in [0.1, 0.15) is 12.0 Å². The minimum absolute atomic E-state index is 0.200. The summed E-state index contributed by atoms with van der Waals surface area (Å²) in [5, 5.41) is 9.93. The number of hydrogen-bond donors (Lipinski definition) is 1. The number of nitrogens with zero attached hydrogens (tertiary/aromatic N) is 6. The number of hydrogen-bond acceptors (Lipinski definition) is 6. The van der Waals surface area contributed by atoms with Crippen molar-refractivity contribution >= 4 is 23.0 Å². The van der Waals surface area contributed by atoms with Crippen LogP contribution in [0.5, 0.6) is 0 Å². The molecule has 1 N–H and O–H groups in total. The van der Waals surface area contributed by atoms with Gasteiger partial charge in [0.15, 0.2) is 0 Å². The van der Waals surface area contributed by atoms with Gasteiger partial charge >= 0.3 is 5.97 Å². The van der Waals surface area contributed by atoms with Crippen LogP contribution in [0.25, 0.3) is 11.0 Å². The highest BCUT2D eigenvalue weighted by molar-refractivity contribution is 6.02. The van der Waals surface area contributed by atoms with E-state index >= 15 is 0 Å². The fraction of sp³-hybridized carbons (Fsp3) is 0.450. The highest BCUT2D eigenvalue weighted by Gasteiger charge is 2.53. The Morgan fingerprint density at radius 3 is 2.61 bits per heavy atom. The van der Waals surface area contributed by atoms with E-state index in [1.54, 1.807) is 6.20 Å². The Morgan fingerprint density at radius 1 is 1.21 bits per heavy atom. The molecule has 3 aromatic rings. The first-order valence-electron chi connectivity index (χ1n) is 9.64. The zero-order valence-corrected chi connectivity index (χ0v) is 16.4. The summed E-state index contributed by atoms with van der Waals surface area (Å²) in [7, 11) is 0. The molecule has 3 aromatic heterocycles. The van der Waals surface area contributed by atoms with Crippen molar-refractivity contribution in [1.29, 1.82) is 0 Å². The second-order valence-corrected chi connectivity index (χ2v) is 7.37. The molecule has 28 heavy (non-hydrogen) atoms. The van der Waals surface area contributed by atoms with Gasteiger partial charge in [0.05, 0.1) is 17.5 Å². The number of carbonyl (C=O) groups is 1. The van der Waals surface area contributed by atoms with Crippen LogP contribution in [0, 0.1) is 12.3 Å². The maximum Gasteiger partial charge on any atom is 0.337 e. The predicted molar refractivity (Wildman–Crippen MR) is 106 cm³/mol. The van der Waals surface area contributed by atoms with Gasteiger partial charge in [-0.1, -0.05) is 13.8 Å². The summed E-state index contributed by atoms with van der Waals surface area (Å²) >= 11 is 0. The van der Waals surface area contributed by atoms with E-state index in [4.69, 9.17) is 0 Å². The van der Waals surface area contributed by atoms with Crippen molar-refractivity contribution in [1.82, 2.24) is 24.5 Å². The molecule has 0 unspecified atom stereocenters. The third-order valence-electron chi connectivity index (χ3n) is 5.47. The minimum atomic E-state index is -0.987. The van der Waals surface area contributed by atoms with Crippen molar-refractivity contribution < 1.29 is 9.90 Å². The van der Waals surface area contributed by atoms with E-state index in [-0.39, 0.29) is 5.56 Å².